The van der Waals surface area contributed by atoms with E-state index in [4.69, 9.17) is 25.8 Å². The van der Waals surface area contributed by atoms with Crippen molar-refractivity contribution < 1.29 is 32.2 Å². The number of rotatable bonds is 6. The number of sulfonamides is 1. The van der Waals surface area contributed by atoms with Crippen molar-refractivity contribution in [3.8, 4) is 5.75 Å². The van der Waals surface area contributed by atoms with Crippen molar-refractivity contribution in [1.29, 1.82) is 0 Å². The standard InChI is InChI=1S/C19H26ClN3O7S/c1-2-29-19(25)22-7-5-21(6-8-22)18(24)14-30-16-4-3-15(20)13-17(16)31(26,27)23-9-11-28-12-10-23/h3-4,13H,2,5-12,14H2,1H3. The van der Waals surface area contributed by atoms with Crippen LogP contribution in [0.15, 0.2) is 23.1 Å². The van der Waals surface area contributed by atoms with Crippen LogP contribution in [0.2, 0.25) is 5.02 Å². The number of benzene rings is 1. The highest BCUT2D eigenvalue weighted by atomic mass is 35.5. The molecule has 0 spiro atoms. The van der Waals surface area contributed by atoms with Crippen molar-refractivity contribution in [3.63, 3.8) is 0 Å². The lowest BCUT2D eigenvalue weighted by Gasteiger charge is -2.34. The van der Waals surface area contributed by atoms with Crippen LogP contribution in [-0.2, 0) is 24.3 Å². The number of amides is 2. The largest absolute Gasteiger partial charge is 0.482 e. The van der Waals surface area contributed by atoms with Crippen LogP contribution >= 0.6 is 11.6 Å². The molecule has 2 aliphatic rings. The van der Waals surface area contributed by atoms with E-state index in [9.17, 15) is 18.0 Å². The van der Waals surface area contributed by atoms with Crippen LogP contribution < -0.4 is 4.74 Å². The van der Waals surface area contributed by atoms with Crippen LogP contribution in [0.25, 0.3) is 0 Å². The summed E-state index contributed by atoms with van der Waals surface area (Å²) >= 11 is 6.03. The number of morpholine rings is 1. The van der Waals surface area contributed by atoms with Crippen LogP contribution in [-0.4, -0.2) is 100 Å². The van der Waals surface area contributed by atoms with E-state index in [-0.39, 0.29) is 41.3 Å². The van der Waals surface area contributed by atoms with E-state index in [0.29, 0.717) is 46.0 Å². The number of ether oxygens (including phenoxy) is 3. The molecule has 0 radical (unpaired) electrons. The summed E-state index contributed by atoms with van der Waals surface area (Å²) in [5.41, 5.74) is 0. The monoisotopic (exact) mass is 475 g/mol. The van der Waals surface area contributed by atoms with Gasteiger partial charge >= 0.3 is 6.09 Å². The molecule has 2 amide bonds. The number of carbonyl (C=O) groups is 2. The van der Waals surface area contributed by atoms with E-state index in [2.05, 4.69) is 0 Å². The van der Waals surface area contributed by atoms with Crippen LogP contribution in [0.4, 0.5) is 4.79 Å². The summed E-state index contributed by atoms with van der Waals surface area (Å²) in [5, 5.41) is 0.251. The summed E-state index contributed by atoms with van der Waals surface area (Å²) in [7, 11) is -3.85. The summed E-state index contributed by atoms with van der Waals surface area (Å²) in [5.74, 6) is -0.234. The number of piperazine rings is 1. The first-order valence-corrected chi connectivity index (χ1v) is 11.8. The average molecular weight is 476 g/mol. The van der Waals surface area contributed by atoms with E-state index in [1.807, 2.05) is 0 Å². The Morgan fingerprint density at radius 3 is 2.35 bits per heavy atom. The van der Waals surface area contributed by atoms with Gasteiger partial charge in [0.15, 0.2) is 6.61 Å². The van der Waals surface area contributed by atoms with Gasteiger partial charge in [0.1, 0.15) is 10.6 Å². The second-order valence-electron chi connectivity index (χ2n) is 6.96. The predicted molar refractivity (Wildman–Crippen MR) is 112 cm³/mol. The second-order valence-corrected chi connectivity index (χ2v) is 9.31. The first kappa shape index (κ1) is 23.6. The van der Waals surface area contributed by atoms with Gasteiger partial charge in [-0.1, -0.05) is 11.6 Å². The smallest absolute Gasteiger partial charge is 0.409 e. The number of halogens is 1. The third-order valence-corrected chi connectivity index (χ3v) is 7.16. The third kappa shape index (κ3) is 5.79. The topological polar surface area (TPSA) is 106 Å². The van der Waals surface area contributed by atoms with Crippen LogP contribution in [0.3, 0.4) is 0 Å². The maximum Gasteiger partial charge on any atom is 0.409 e. The summed E-state index contributed by atoms with van der Waals surface area (Å²) in [6.45, 7) is 4.22. The first-order chi connectivity index (χ1) is 14.8. The maximum absolute atomic E-state index is 13.0. The van der Waals surface area contributed by atoms with Crippen molar-refractivity contribution in [3.05, 3.63) is 23.2 Å². The maximum atomic E-state index is 13.0. The zero-order valence-electron chi connectivity index (χ0n) is 17.3. The Kier molecular flexibility index (Phi) is 7.98. The van der Waals surface area contributed by atoms with Crippen molar-refractivity contribution in [2.45, 2.75) is 11.8 Å². The quantitative estimate of drug-likeness (QED) is 0.605. The molecule has 0 aliphatic carbocycles. The number of hydrogen-bond acceptors (Lipinski definition) is 7. The summed E-state index contributed by atoms with van der Waals surface area (Å²) < 4.78 is 43.2. The molecule has 2 saturated heterocycles. The van der Waals surface area contributed by atoms with Gasteiger partial charge in [0, 0.05) is 44.3 Å². The van der Waals surface area contributed by atoms with E-state index in [0.717, 1.165) is 0 Å². The highest BCUT2D eigenvalue weighted by molar-refractivity contribution is 7.89. The van der Waals surface area contributed by atoms with Gasteiger partial charge in [0.2, 0.25) is 10.0 Å². The highest BCUT2D eigenvalue weighted by Gasteiger charge is 2.30. The Bertz CT molecular complexity index is 898. The molecule has 1 aromatic rings. The minimum absolute atomic E-state index is 0.0643. The lowest BCUT2D eigenvalue weighted by atomic mass is 10.3. The molecule has 1 aromatic carbocycles. The molecule has 0 bridgehead atoms. The summed E-state index contributed by atoms with van der Waals surface area (Å²) in [4.78, 5) is 27.4. The fraction of sp³-hybridized carbons (Fsp3) is 0.579. The zero-order chi connectivity index (χ0) is 22.4. The van der Waals surface area contributed by atoms with Gasteiger partial charge in [0.25, 0.3) is 5.91 Å². The van der Waals surface area contributed by atoms with Gasteiger partial charge in [-0.15, -0.1) is 0 Å². The van der Waals surface area contributed by atoms with Crippen molar-refractivity contribution in [2.75, 3.05) is 65.7 Å². The zero-order valence-corrected chi connectivity index (χ0v) is 18.9. The molecule has 2 aliphatic heterocycles. The molecule has 2 heterocycles. The SMILES string of the molecule is CCOC(=O)N1CCN(C(=O)COc2ccc(Cl)cc2S(=O)(=O)N2CCOCC2)CC1. The van der Waals surface area contributed by atoms with Gasteiger partial charge < -0.3 is 24.0 Å². The van der Waals surface area contributed by atoms with Gasteiger partial charge in [-0.05, 0) is 25.1 Å². The van der Waals surface area contributed by atoms with E-state index < -0.39 is 16.1 Å². The van der Waals surface area contributed by atoms with Gasteiger partial charge in [-0.3, -0.25) is 4.79 Å². The summed E-state index contributed by atoms with van der Waals surface area (Å²) in [6.07, 6.45) is -0.398. The number of carbonyl (C=O) groups excluding carboxylic acids is 2. The molecule has 12 heteroatoms. The minimum atomic E-state index is -3.85. The molecule has 2 fully saturated rings. The molecule has 0 unspecified atom stereocenters. The van der Waals surface area contributed by atoms with E-state index in [1.165, 1.54) is 22.5 Å². The van der Waals surface area contributed by atoms with Crippen molar-refractivity contribution in [2.24, 2.45) is 0 Å². The lowest BCUT2D eigenvalue weighted by Crippen LogP contribution is -2.51. The molecule has 0 aromatic heterocycles. The summed E-state index contributed by atoms with van der Waals surface area (Å²) in [6, 6.07) is 4.28. The molecule has 3 rings (SSSR count). The van der Waals surface area contributed by atoms with Crippen LogP contribution in [0.5, 0.6) is 5.75 Å². The highest BCUT2D eigenvalue weighted by Crippen LogP contribution is 2.30. The Morgan fingerprint density at radius 2 is 1.71 bits per heavy atom. The Hall–Kier alpha value is -2.08. The predicted octanol–water partition coefficient (Wildman–Crippen LogP) is 1.04. The Morgan fingerprint density at radius 1 is 1.06 bits per heavy atom. The molecule has 172 valence electrons. The molecule has 10 nitrogen and oxygen atoms in total. The third-order valence-electron chi connectivity index (χ3n) is 5.00. The Labute approximate surface area is 186 Å². The normalized spacial score (nSPS) is 18.0. The van der Waals surface area contributed by atoms with Gasteiger partial charge in [-0.25, -0.2) is 13.2 Å². The van der Waals surface area contributed by atoms with Gasteiger partial charge in [0.05, 0.1) is 19.8 Å². The number of hydrogen-bond donors (Lipinski definition) is 0. The molecular weight excluding hydrogens is 450 g/mol. The molecular formula is C19H26ClN3O7S. The fourth-order valence-electron chi connectivity index (χ4n) is 3.31. The van der Waals surface area contributed by atoms with E-state index in [1.54, 1.807) is 16.7 Å². The molecule has 0 saturated carbocycles. The molecule has 31 heavy (non-hydrogen) atoms. The van der Waals surface area contributed by atoms with Gasteiger partial charge in [-0.2, -0.15) is 4.31 Å². The fourth-order valence-corrected chi connectivity index (χ4v) is 5.11. The second kappa shape index (κ2) is 10.5. The van der Waals surface area contributed by atoms with Crippen LogP contribution in [0.1, 0.15) is 6.92 Å². The molecule has 0 atom stereocenters. The number of nitrogens with zero attached hydrogens (tertiary/aromatic N) is 3. The minimum Gasteiger partial charge on any atom is -0.482 e. The van der Waals surface area contributed by atoms with Crippen molar-refractivity contribution in [1.82, 2.24) is 14.1 Å². The van der Waals surface area contributed by atoms with E-state index >= 15 is 0 Å². The lowest BCUT2D eigenvalue weighted by molar-refractivity contribution is -0.135. The molecule has 0 N–H and O–H groups in total. The average Bonchev–Trinajstić information content (AvgIpc) is 2.79. The first-order valence-electron chi connectivity index (χ1n) is 10.0. The van der Waals surface area contributed by atoms with Crippen molar-refractivity contribution >= 4 is 33.6 Å². The van der Waals surface area contributed by atoms with Crippen LogP contribution in [0, 0.1) is 0 Å². The Balaban J connectivity index is 1.63.